The summed E-state index contributed by atoms with van der Waals surface area (Å²) in [7, 11) is 0. The van der Waals surface area contributed by atoms with E-state index in [1.54, 1.807) is 12.1 Å². The second kappa shape index (κ2) is 9.39. The molecule has 1 aliphatic carbocycles. The molecule has 5 nitrogen and oxygen atoms in total. The molecular formula is C22H31F2N3O2. The van der Waals surface area contributed by atoms with Gasteiger partial charge in [0, 0.05) is 57.8 Å². The molecule has 4 rings (SSSR count). The number of carbonyl (C=O) groups is 1. The van der Waals surface area contributed by atoms with Gasteiger partial charge in [0.2, 0.25) is 5.91 Å². The van der Waals surface area contributed by atoms with Gasteiger partial charge in [-0.1, -0.05) is 12.5 Å². The molecule has 1 aromatic carbocycles. The Morgan fingerprint density at radius 3 is 2.72 bits per heavy atom. The van der Waals surface area contributed by atoms with Crippen LogP contribution in [0.25, 0.3) is 0 Å². The molecule has 1 saturated carbocycles. The fraction of sp³-hybridized carbons (Fsp3) is 0.682. The second-order valence-electron chi connectivity index (χ2n) is 8.43. The lowest BCUT2D eigenvalue weighted by atomic mass is 9.91. The number of carbonyl (C=O) groups excluding carboxylic acids is 1. The summed E-state index contributed by atoms with van der Waals surface area (Å²) in [6, 6.07) is 6.37. The van der Waals surface area contributed by atoms with E-state index < -0.39 is 6.67 Å². The minimum Gasteiger partial charge on any atom is -0.489 e. The molecule has 3 aliphatic rings. The molecule has 2 atom stereocenters. The predicted octanol–water partition coefficient (Wildman–Crippen LogP) is 2.70. The van der Waals surface area contributed by atoms with Gasteiger partial charge in [0.05, 0.1) is 6.04 Å². The fourth-order valence-electron chi connectivity index (χ4n) is 4.78. The Hall–Kier alpha value is -1.73. The van der Waals surface area contributed by atoms with Gasteiger partial charge >= 0.3 is 0 Å². The van der Waals surface area contributed by atoms with Gasteiger partial charge in [0.1, 0.15) is 24.3 Å². The molecule has 0 spiro atoms. The van der Waals surface area contributed by atoms with Crippen LogP contribution < -0.4 is 4.74 Å². The highest BCUT2D eigenvalue weighted by Gasteiger charge is 2.40. The second-order valence-corrected chi connectivity index (χ2v) is 8.43. The first-order valence-corrected chi connectivity index (χ1v) is 10.9. The molecule has 0 aromatic heterocycles. The Kier molecular flexibility index (Phi) is 6.65. The van der Waals surface area contributed by atoms with Crippen molar-refractivity contribution in [3.63, 3.8) is 0 Å². The summed E-state index contributed by atoms with van der Waals surface area (Å²) in [5.74, 6) is 0.183. The summed E-state index contributed by atoms with van der Waals surface area (Å²) >= 11 is 0. The van der Waals surface area contributed by atoms with Crippen molar-refractivity contribution < 1.29 is 18.3 Å². The van der Waals surface area contributed by atoms with Gasteiger partial charge in [-0.25, -0.2) is 8.78 Å². The maximum Gasteiger partial charge on any atom is 0.240 e. The largest absolute Gasteiger partial charge is 0.489 e. The Balaban J connectivity index is 1.37. The lowest BCUT2D eigenvalue weighted by molar-refractivity contribution is -0.136. The van der Waals surface area contributed by atoms with Gasteiger partial charge in [0.25, 0.3) is 0 Å². The van der Waals surface area contributed by atoms with E-state index in [1.165, 1.54) is 31.4 Å². The van der Waals surface area contributed by atoms with Crippen molar-refractivity contribution in [2.24, 2.45) is 0 Å². The minimum atomic E-state index is -0.494. The van der Waals surface area contributed by atoms with Gasteiger partial charge in [0.15, 0.2) is 0 Å². The zero-order chi connectivity index (χ0) is 20.2. The van der Waals surface area contributed by atoms with Crippen molar-refractivity contribution >= 4 is 5.91 Å². The third-order valence-electron chi connectivity index (χ3n) is 6.55. The number of benzene rings is 1. The van der Waals surface area contributed by atoms with E-state index in [4.69, 9.17) is 4.74 Å². The molecule has 1 aromatic rings. The van der Waals surface area contributed by atoms with E-state index in [2.05, 4.69) is 4.90 Å². The van der Waals surface area contributed by atoms with Crippen molar-refractivity contribution in [1.29, 1.82) is 0 Å². The molecular weight excluding hydrogens is 376 g/mol. The van der Waals surface area contributed by atoms with Gasteiger partial charge in [-0.15, -0.1) is 0 Å². The van der Waals surface area contributed by atoms with Gasteiger partial charge in [-0.05, 0) is 31.4 Å². The SMILES string of the molecule is O=C([C@H]1C[C@H](Oc2cccc(F)c2)CN1CCF)N1CCCN(C2CCC2)CC1. The van der Waals surface area contributed by atoms with E-state index in [0.717, 1.165) is 32.6 Å². The molecule has 7 heteroatoms. The summed E-state index contributed by atoms with van der Waals surface area (Å²) in [4.78, 5) is 19.7. The van der Waals surface area contributed by atoms with Gasteiger partial charge in [-0.2, -0.15) is 0 Å². The minimum absolute atomic E-state index is 0.0826. The zero-order valence-electron chi connectivity index (χ0n) is 16.9. The molecule has 0 N–H and O–H groups in total. The summed E-state index contributed by atoms with van der Waals surface area (Å²) in [6.07, 6.45) is 5.13. The highest BCUT2D eigenvalue weighted by atomic mass is 19.1. The molecule has 2 saturated heterocycles. The standard InChI is InChI=1S/C22H31F2N3O2/c23-8-11-27-16-20(29-19-7-1-4-17(24)14-19)15-21(27)22(28)26-10-3-9-25(12-13-26)18-5-2-6-18/h1,4,7,14,18,20-21H,2-3,5-6,8-13,15-16H2/t20-,21+/m0/s1. The quantitative estimate of drug-likeness (QED) is 0.727. The topological polar surface area (TPSA) is 36.0 Å². The number of ether oxygens (including phenoxy) is 1. The number of rotatable bonds is 6. The molecule has 2 heterocycles. The van der Waals surface area contributed by atoms with E-state index in [9.17, 15) is 13.6 Å². The third kappa shape index (κ3) is 4.89. The number of amides is 1. The summed E-state index contributed by atoms with van der Waals surface area (Å²) in [5, 5.41) is 0. The molecule has 3 fully saturated rings. The van der Waals surface area contributed by atoms with E-state index in [0.29, 0.717) is 24.8 Å². The average Bonchev–Trinajstić information content (AvgIpc) is 2.89. The molecule has 1 amide bonds. The van der Waals surface area contributed by atoms with Crippen LogP contribution >= 0.6 is 0 Å². The lowest BCUT2D eigenvalue weighted by Crippen LogP contribution is -2.48. The molecule has 2 aliphatic heterocycles. The fourth-order valence-corrected chi connectivity index (χ4v) is 4.78. The van der Waals surface area contributed by atoms with Gasteiger partial charge in [-0.3, -0.25) is 14.6 Å². The normalized spacial score (nSPS) is 26.9. The number of hydrogen-bond donors (Lipinski definition) is 0. The van der Waals surface area contributed by atoms with Crippen LogP contribution in [0.5, 0.6) is 5.75 Å². The number of hydrogen-bond acceptors (Lipinski definition) is 4. The van der Waals surface area contributed by atoms with E-state index in [-0.39, 0.29) is 30.4 Å². The maximum absolute atomic E-state index is 13.4. The van der Waals surface area contributed by atoms with Crippen LogP contribution in [0.1, 0.15) is 32.1 Å². The van der Waals surface area contributed by atoms with Crippen molar-refractivity contribution in [2.45, 2.75) is 50.3 Å². The Labute approximate surface area is 171 Å². The van der Waals surface area contributed by atoms with Crippen LogP contribution in [0.4, 0.5) is 8.78 Å². The number of halogens is 2. The molecule has 29 heavy (non-hydrogen) atoms. The first-order chi connectivity index (χ1) is 14.1. The van der Waals surface area contributed by atoms with E-state index >= 15 is 0 Å². The van der Waals surface area contributed by atoms with Crippen molar-refractivity contribution in [3.05, 3.63) is 30.1 Å². The van der Waals surface area contributed by atoms with Gasteiger partial charge < -0.3 is 9.64 Å². The molecule has 0 radical (unpaired) electrons. The van der Waals surface area contributed by atoms with Crippen molar-refractivity contribution in [2.75, 3.05) is 45.9 Å². The first kappa shape index (κ1) is 20.5. The van der Waals surface area contributed by atoms with Crippen LogP contribution in [0, 0.1) is 5.82 Å². The predicted molar refractivity (Wildman–Crippen MR) is 107 cm³/mol. The zero-order valence-corrected chi connectivity index (χ0v) is 16.9. The summed E-state index contributed by atoms with van der Waals surface area (Å²) in [6.45, 7) is 3.70. The van der Waals surface area contributed by atoms with Crippen LogP contribution in [-0.2, 0) is 4.79 Å². The highest BCUT2D eigenvalue weighted by molar-refractivity contribution is 5.82. The highest BCUT2D eigenvalue weighted by Crippen LogP contribution is 2.27. The summed E-state index contributed by atoms with van der Waals surface area (Å²) in [5.41, 5.74) is 0. The smallest absolute Gasteiger partial charge is 0.240 e. The molecule has 160 valence electrons. The van der Waals surface area contributed by atoms with Crippen LogP contribution in [0.3, 0.4) is 0 Å². The van der Waals surface area contributed by atoms with Crippen molar-refractivity contribution in [3.8, 4) is 5.75 Å². The average molecular weight is 408 g/mol. The van der Waals surface area contributed by atoms with Crippen LogP contribution in [0.2, 0.25) is 0 Å². The molecule has 0 bridgehead atoms. The third-order valence-corrected chi connectivity index (χ3v) is 6.55. The lowest BCUT2D eigenvalue weighted by Gasteiger charge is -2.36. The monoisotopic (exact) mass is 407 g/mol. The summed E-state index contributed by atoms with van der Waals surface area (Å²) < 4.78 is 32.5. The Bertz CT molecular complexity index is 700. The van der Waals surface area contributed by atoms with Crippen LogP contribution in [-0.4, -0.2) is 84.7 Å². The maximum atomic E-state index is 13.4. The number of alkyl halides is 1. The first-order valence-electron chi connectivity index (χ1n) is 10.9. The molecule has 0 unspecified atom stereocenters. The van der Waals surface area contributed by atoms with Crippen LogP contribution in [0.15, 0.2) is 24.3 Å². The number of nitrogens with zero attached hydrogens (tertiary/aromatic N) is 3. The van der Waals surface area contributed by atoms with Crippen molar-refractivity contribution in [1.82, 2.24) is 14.7 Å². The Morgan fingerprint density at radius 1 is 1.14 bits per heavy atom. The number of likely N-dealkylation sites (tertiary alicyclic amines) is 1. The van der Waals surface area contributed by atoms with E-state index in [1.807, 2.05) is 9.80 Å². The Morgan fingerprint density at radius 2 is 2.00 bits per heavy atom.